The zero-order valence-electron chi connectivity index (χ0n) is 19.1. The van der Waals surface area contributed by atoms with Crippen LogP contribution < -0.4 is 11.1 Å². The molecule has 6 nitrogen and oxygen atoms in total. The van der Waals surface area contributed by atoms with E-state index in [4.69, 9.17) is 5.73 Å². The number of thiophene rings is 2. The molecule has 3 heterocycles. The minimum atomic E-state index is -0.232. The highest BCUT2D eigenvalue weighted by Crippen LogP contribution is 2.31. The van der Waals surface area contributed by atoms with Crippen LogP contribution in [-0.4, -0.2) is 20.9 Å². The number of benzene rings is 3. The lowest BCUT2D eigenvalue weighted by Gasteiger charge is -2.10. The molecule has 0 saturated carbocycles. The van der Waals surface area contributed by atoms with Crippen molar-refractivity contribution < 1.29 is 4.79 Å². The van der Waals surface area contributed by atoms with Gasteiger partial charge in [0, 0.05) is 25.6 Å². The maximum absolute atomic E-state index is 13.1. The molecule has 0 fully saturated rings. The quantitative estimate of drug-likeness (QED) is 0.244. The smallest absolute Gasteiger partial charge is 0.255 e. The molecule has 0 spiro atoms. The van der Waals surface area contributed by atoms with E-state index >= 15 is 0 Å². The van der Waals surface area contributed by atoms with E-state index in [0.29, 0.717) is 29.2 Å². The van der Waals surface area contributed by atoms with Crippen LogP contribution in [0.25, 0.3) is 31.8 Å². The number of nitrogens with one attached hydrogen (secondary N) is 1. The van der Waals surface area contributed by atoms with Crippen LogP contribution >= 0.6 is 22.7 Å². The molecule has 6 rings (SSSR count). The van der Waals surface area contributed by atoms with Crippen molar-refractivity contribution in [1.29, 1.82) is 0 Å². The Kier molecular flexibility index (Phi) is 5.80. The molecule has 0 bridgehead atoms. The van der Waals surface area contributed by atoms with E-state index in [0.717, 1.165) is 16.0 Å². The summed E-state index contributed by atoms with van der Waals surface area (Å²) in [5.41, 5.74) is 10.3. The minimum Gasteiger partial charge on any atom is -0.397 e. The lowest BCUT2D eigenvalue weighted by Crippen LogP contribution is -2.13. The van der Waals surface area contributed by atoms with Gasteiger partial charge >= 0.3 is 0 Å². The zero-order chi connectivity index (χ0) is 24.5. The van der Waals surface area contributed by atoms with E-state index in [-0.39, 0.29) is 5.91 Å². The lowest BCUT2D eigenvalue weighted by molar-refractivity contribution is 0.102. The van der Waals surface area contributed by atoms with E-state index in [9.17, 15) is 4.79 Å². The summed E-state index contributed by atoms with van der Waals surface area (Å²) in [6, 6.07) is 27.6. The number of rotatable bonds is 6. The maximum Gasteiger partial charge on any atom is 0.255 e. The van der Waals surface area contributed by atoms with Crippen molar-refractivity contribution >= 4 is 50.0 Å². The van der Waals surface area contributed by atoms with Gasteiger partial charge in [0.05, 0.1) is 24.1 Å². The highest BCUT2D eigenvalue weighted by molar-refractivity contribution is 7.19. The Labute approximate surface area is 215 Å². The molecule has 0 aliphatic heterocycles. The monoisotopic (exact) mass is 507 g/mol. The van der Waals surface area contributed by atoms with Gasteiger partial charge in [0.25, 0.3) is 5.91 Å². The first-order valence-electron chi connectivity index (χ1n) is 11.4. The highest BCUT2D eigenvalue weighted by atomic mass is 32.1. The zero-order valence-corrected chi connectivity index (χ0v) is 20.7. The van der Waals surface area contributed by atoms with Crippen LogP contribution in [0.5, 0.6) is 0 Å². The fourth-order valence-electron chi connectivity index (χ4n) is 4.06. The van der Waals surface area contributed by atoms with Gasteiger partial charge in [-0.25, -0.2) is 4.68 Å². The van der Waals surface area contributed by atoms with E-state index < -0.39 is 0 Å². The number of nitrogens with zero attached hydrogens (tertiary/aromatic N) is 3. The number of carbonyl (C=O) groups excluding carboxylic acids is 1. The molecule has 0 atom stereocenters. The molecular formula is C28H21N5OS2. The Hall–Kier alpha value is -4.27. The first kappa shape index (κ1) is 22.2. The molecule has 6 aromatic rings. The second kappa shape index (κ2) is 9.41. The van der Waals surface area contributed by atoms with Crippen LogP contribution in [0.4, 0.5) is 11.4 Å². The first-order chi connectivity index (χ1) is 17.6. The van der Waals surface area contributed by atoms with Gasteiger partial charge in [-0.1, -0.05) is 47.7 Å². The molecule has 0 radical (unpaired) electrons. The predicted octanol–water partition coefficient (Wildman–Crippen LogP) is 6.77. The molecule has 3 aromatic heterocycles. The number of nitrogen functional groups attached to an aromatic ring is 1. The van der Waals surface area contributed by atoms with Gasteiger partial charge in [-0.15, -0.1) is 27.8 Å². The van der Waals surface area contributed by atoms with Crippen molar-refractivity contribution in [3.63, 3.8) is 0 Å². The number of amides is 1. The number of nitrogens with two attached hydrogens (primary N) is 1. The van der Waals surface area contributed by atoms with E-state index in [1.807, 2.05) is 76.9 Å². The maximum atomic E-state index is 13.1. The predicted molar refractivity (Wildman–Crippen MR) is 149 cm³/mol. The summed E-state index contributed by atoms with van der Waals surface area (Å²) in [7, 11) is 0. The van der Waals surface area contributed by atoms with Gasteiger partial charge in [0.2, 0.25) is 0 Å². The molecular weight excluding hydrogens is 486 g/mol. The van der Waals surface area contributed by atoms with Crippen LogP contribution in [0.2, 0.25) is 0 Å². The Morgan fingerprint density at radius 2 is 1.86 bits per heavy atom. The van der Waals surface area contributed by atoms with E-state index in [1.165, 1.54) is 15.0 Å². The third kappa shape index (κ3) is 4.51. The molecule has 0 saturated heterocycles. The van der Waals surface area contributed by atoms with Crippen molar-refractivity contribution in [3.05, 3.63) is 107 Å². The summed E-state index contributed by atoms with van der Waals surface area (Å²) in [5.74, 6) is -0.232. The topological polar surface area (TPSA) is 85.8 Å². The van der Waals surface area contributed by atoms with Gasteiger partial charge in [-0.2, -0.15) is 0 Å². The first-order valence-corrected chi connectivity index (χ1v) is 13.0. The molecule has 8 heteroatoms. The van der Waals surface area contributed by atoms with Gasteiger partial charge in [0.15, 0.2) is 0 Å². The van der Waals surface area contributed by atoms with Gasteiger partial charge < -0.3 is 11.1 Å². The third-order valence-corrected chi connectivity index (χ3v) is 7.88. The number of fused-ring (bicyclic) bond motifs is 1. The van der Waals surface area contributed by atoms with Crippen LogP contribution in [-0.2, 0) is 6.54 Å². The normalized spacial score (nSPS) is 11.1. The number of anilines is 2. The highest BCUT2D eigenvalue weighted by Gasteiger charge is 2.13. The number of aromatic nitrogens is 3. The largest absolute Gasteiger partial charge is 0.397 e. The Balaban J connectivity index is 1.20. The second-order valence-electron chi connectivity index (χ2n) is 8.37. The third-order valence-electron chi connectivity index (χ3n) is 5.86. The standard InChI is InChI=1S/C28H21N5OS2/c29-23-11-10-20(26-9-4-12-35-26)15-24(23)30-28(34)21-7-3-6-18(13-21)25-17-33(32-31-25)16-22-14-19-5-1-2-8-27(19)36-22/h1-15,17H,16,29H2,(H,30,34). The minimum absolute atomic E-state index is 0.232. The SMILES string of the molecule is Nc1ccc(-c2cccs2)cc1NC(=O)c1cccc(-c2cn(Cc3cc4ccccc4s3)nn2)c1. The Bertz CT molecular complexity index is 1650. The van der Waals surface area contributed by atoms with Gasteiger partial charge in [-0.3, -0.25) is 4.79 Å². The molecule has 3 aromatic carbocycles. The van der Waals surface area contributed by atoms with Gasteiger partial charge in [0.1, 0.15) is 5.69 Å². The van der Waals surface area contributed by atoms with Crippen molar-refractivity contribution in [2.75, 3.05) is 11.1 Å². The van der Waals surface area contributed by atoms with Crippen molar-refractivity contribution in [3.8, 4) is 21.7 Å². The molecule has 36 heavy (non-hydrogen) atoms. The summed E-state index contributed by atoms with van der Waals surface area (Å²) < 4.78 is 3.08. The Morgan fingerprint density at radius 3 is 2.72 bits per heavy atom. The fourth-order valence-corrected chi connectivity index (χ4v) is 5.84. The second-order valence-corrected chi connectivity index (χ2v) is 10.5. The number of hydrogen-bond acceptors (Lipinski definition) is 6. The Morgan fingerprint density at radius 1 is 0.944 bits per heavy atom. The molecule has 0 unspecified atom stereocenters. The van der Waals surface area contributed by atoms with Crippen molar-refractivity contribution in [2.24, 2.45) is 0 Å². The fraction of sp³-hybridized carbons (Fsp3) is 0.0357. The summed E-state index contributed by atoms with van der Waals surface area (Å²) in [4.78, 5) is 15.4. The average molecular weight is 508 g/mol. The van der Waals surface area contributed by atoms with Crippen LogP contribution in [0.15, 0.2) is 96.5 Å². The van der Waals surface area contributed by atoms with Crippen molar-refractivity contribution in [2.45, 2.75) is 6.54 Å². The number of hydrogen-bond donors (Lipinski definition) is 2. The lowest BCUT2D eigenvalue weighted by atomic mass is 10.1. The molecule has 176 valence electrons. The van der Waals surface area contributed by atoms with Crippen LogP contribution in [0.3, 0.4) is 0 Å². The van der Waals surface area contributed by atoms with Gasteiger partial charge in [-0.05, 0) is 58.8 Å². The summed E-state index contributed by atoms with van der Waals surface area (Å²) >= 11 is 3.40. The molecule has 1 amide bonds. The summed E-state index contributed by atoms with van der Waals surface area (Å²) in [6.45, 7) is 0.645. The molecule has 0 aliphatic rings. The molecule has 0 aliphatic carbocycles. The average Bonchev–Trinajstić information content (AvgIpc) is 3.66. The number of carbonyl (C=O) groups is 1. The summed E-state index contributed by atoms with van der Waals surface area (Å²) in [5, 5.41) is 14.9. The van der Waals surface area contributed by atoms with Crippen LogP contribution in [0, 0.1) is 0 Å². The van der Waals surface area contributed by atoms with Crippen LogP contribution in [0.1, 0.15) is 15.2 Å². The van der Waals surface area contributed by atoms with Crippen molar-refractivity contribution in [1.82, 2.24) is 15.0 Å². The van der Waals surface area contributed by atoms with E-state index in [2.05, 4.69) is 33.8 Å². The summed E-state index contributed by atoms with van der Waals surface area (Å²) in [6.07, 6.45) is 1.91. The van der Waals surface area contributed by atoms with E-state index in [1.54, 1.807) is 28.7 Å². The molecule has 3 N–H and O–H groups in total.